The number of benzene rings is 2. The van der Waals surface area contributed by atoms with Gasteiger partial charge in [0.25, 0.3) is 0 Å². The Hall–Kier alpha value is -0.817. The molecule has 1 saturated heterocycles. The molecule has 0 spiro atoms. The fourth-order valence-corrected chi connectivity index (χ4v) is 21.9. The van der Waals surface area contributed by atoms with Crippen LogP contribution in [0.4, 0.5) is 0 Å². The summed E-state index contributed by atoms with van der Waals surface area (Å²) in [7, 11) is 1.81. The molecule has 3 aliphatic rings. The molecule has 1 aliphatic heterocycles. The third-order valence-electron chi connectivity index (χ3n) is 7.11. The van der Waals surface area contributed by atoms with Crippen LogP contribution in [0, 0.1) is 0 Å². The largest absolute Gasteiger partial charge is 1.00 e. The van der Waals surface area contributed by atoms with Gasteiger partial charge in [0.2, 0.25) is 0 Å². The van der Waals surface area contributed by atoms with E-state index in [9.17, 15) is 0 Å². The summed E-state index contributed by atoms with van der Waals surface area (Å²) in [5, 5.41) is 0. The van der Waals surface area contributed by atoms with Gasteiger partial charge in [-0.1, -0.05) is 0 Å². The minimum atomic E-state index is -2.42. The normalized spacial score (nSPS) is 19.1. The van der Waals surface area contributed by atoms with Gasteiger partial charge in [0.15, 0.2) is 0 Å². The van der Waals surface area contributed by atoms with E-state index in [2.05, 4.69) is 62.4 Å². The van der Waals surface area contributed by atoms with Crippen LogP contribution in [0.5, 0.6) is 5.75 Å². The van der Waals surface area contributed by atoms with Crippen molar-refractivity contribution in [1.82, 2.24) is 0 Å². The van der Waals surface area contributed by atoms with E-state index < -0.39 is 20.3 Å². The molecule has 1 fully saturated rings. The smallest absolute Gasteiger partial charge is 1.00 e. The van der Waals surface area contributed by atoms with Crippen molar-refractivity contribution in [2.24, 2.45) is 0 Å². The zero-order valence-electron chi connectivity index (χ0n) is 17.4. The summed E-state index contributed by atoms with van der Waals surface area (Å²) in [5.41, 5.74) is 9.37. The van der Waals surface area contributed by atoms with E-state index in [4.69, 9.17) is 4.74 Å². The Morgan fingerprint density at radius 2 is 1.66 bits per heavy atom. The number of methoxy groups -OCH3 is 1. The van der Waals surface area contributed by atoms with Gasteiger partial charge in [-0.3, -0.25) is 0 Å². The molecule has 29 heavy (non-hydrogen) atoms. The van der Waals surface area contributed by atoms with Crippen LogP contribution in [0.2, 0.25) is 8.26 Å². The Balaban J connectivity index is 0.00000120. The first-order chi connectivity index (χ1) is 13.2. The summed E-state index contributed by atoms with van der Waals surface area (Å²) in [6, 6.07) is 15.9. The molecule has 2 aromatic carbocycles. The predicted octanol–water partition coefficient (Wildman–Crippen LogP) is 1.18. The van der Waals surface area contributed by atoms with Gasteiger partial charge in [-0.25, -0.2) is 0 Å². The zero-order chi connectivity index (χ0) is 18.6. The quantitative estimate of drug-likeness (QED) is 0.592. The average molecular weight is 507 g/mol. The van der Waals surface area contributed by atoms with E-state index in [1.807, 2.05) is 10.4 Å². The molecular weight excluding hydrogens is 478 g/mol. The predicted molar refractivity (Wildman–Crippen MR) is 110 cm³/mol. The van der Waals surface area contributed by atoms with Crippen molar-refractivity contribution in [2.45, 2.75) is 45.0 Å². The molecule has 0 radical (unpaired) electrons. The molecule has 4 heteroatoms. The van der Waals surface area contributed by atoms with Gasteiger partial charge in [0, 0.05) is 0 Å². The van der Waals surface area contributed by atoms with E-state index in [1.165, 1.54) is 38.6 Å². The molecule has 1 nitrogen and oxygen atoms in total. The number of hydrogen-bond donors (Lipinski definition) is 0. The number of fused-ring (bicyclic) bond motifs is 3. The fourth-order valence-electron chi connectivity index (χ4n) is 5.85. The van der Waals surface area contributed by atoms with Crippen LogP contribution >= 0.6 is 0 Å². The van der Waals surface area contributed by atoms with E-state index in [1.54, 1.807) is 22.3 Å². The molecule has 0 aromatic heterocycles. The van der Waals surface area contributed by atoms with Crippen molar-refractivity contribution in [1.29, 1.82) is 0 Å². The third-order valence-corrected chi connectivity index (χ3v) is 19.4. The number of halogens is 2. The summed E-state index contributed by atoms with van der Waals surface area (Å²) in [4.78, 5) is 0. The zero-order valence-corrected chi connectivity index (χ0v) is 21.4. The summed E-state index contributed by atoms with van der Waals surface area (Å²) in [6.07, 6.45) is 6.21. The second kappa shape index (κ2) is 8.74. The van der Waals surface area contributed by atoms with Crippen molar-refractivity contribution in [2.75, 3.05) is 7.11 Å². The van der Waals surface area contributed by atoms with Crippen LogP contribution in [0.3, 0.4) is 0 Å². The Morgan fingerprint density at radius 1 is 0.931 bits per heavy atom. The van der Waals surface area contributed by atoms with Gasteiger partial charge in [0.05, 0.1) is 0 Å². The van der Waals surface area contributed by atoms with Crippen LogP contribution in [-0.4, -0.2) is 7.11 Å². The van der Waals surface area contributed by atoms with Gasteiger partial charge in [-0.05, 0) is 0 Å². The van der Waals surface area contributed by atoms with Gasteiger partial charge < -0.3 is 24.8 Å². The van der Waals surface area contributed by atoms with Crippen molar-refractivity contribution in [3.8, 4) is 16.9 Å². The Morgan fingerprint density at radius 3 is 2.31 bits per heavy atom. The molecular formula is C25H28Cl2OZr. The Labute approximate surface area is 191 Å². The second-order valence-corrected chi connectivity index (χ2v) is 19.2. The number of hydrogen-bond acceptors (Lipinski definition) is 1. The molecule has 2 aromatic rings. The summed E-state index contributed by atoms with van der Waals surface area (Å²) in [6.45, 7) is 4.69. The van der Waals surface area contributed by atoms with Crippen LogP contribution in [0.25, 0.3) is 11.1 Å². The summed E-state index contributed by atoms with van der Waals surface area (Å²) < 4.78 is 11.5. The molecule has 0 amide bonds. The maximum atomic E-state index is 5.80. The molecule has 0 bridgehead atoms. The first-order valence-corrected chi connectivity index (χ1v) is 16.6. The molecule has 5 rings (SSSR count). The second-order valence-electron chi connectivity index (χ2n) is 8.20. The van der Waals surface area contributed by atoms with E-state index in [-0.39, 0.29) is 24.8 Å². The Bertz CT molecular complexity index is 988. The molecule has 1 atom stereocenters. The topological polar surface area (TPSA) is 9.23 Å². The van der Waals surface area contributed by atoms with E-state index in [0.29, 0.717) is 3.63 Å². The van der Waals surface area contributed by atoms with E-state index >= 15 is 0 Å². The maximum Gasteiger partial charge on any atom is -1.00 e. The summed E-state index contributed by atoms with van der Waals surface area (Å²) >= 11 is -2.42. The number of ether oxygens (including phenoxy) is 1. The standard InChI is InChI=1S/C14H11O.C9H13.C2H4.2ClH.Zr/c1-15-13-8-4-6-11-9-10-5-2-3-7-12(10)14(11)13;1-3-8-6-5-7-9(8)4-2;1-2;;;/h2-9H,1H3;6H,3-5H2,1-2H3;1-2H2;2*1H;/q;;;;;+2/p-2. The third kappa shape index (κ3) is 3.31. The molecule has 0 saturated carbocycles. The van der Waals surface area contributed by atoms with E-state index in [0.717, 1.165) is 5.75 Å². The molecule has 0 N–H and O–H groups in total. The van der Waals surface area contributed by atoms with Gasteiger partial charge >= 0.3 is 168 Å². The molecule has 152 valence electrons. The minimum absolute atomic E-state index is 0. The van der Waals surface area contributed by atoms with Crippen LogP contribution in [0.1, 0.15) is 47.9 Å². The molecule has 1 heterocycles. The monoisotopic (exact) mass is 504 g/mol. The average Bonchev–Trinajstić information content (AvgIpc) is 3.26. The molecule has 2 aliphatic carbocycles. The van der Waals surface area contributed by atoms with Crippen LogP contribution in [0.15, 0.2) is 63.0 Å². The SMILES string of the molecule is CCC1=CC[C]([Zr+2]2([CH]3c4ccccc4-c4c(OC)cccc43)[CH2][CH2]2)=C1CC.[Cl-].[Cl-]. The Kier molecular flexibility index (Phi) is 6.89. The van der Waals surface area contributed by atoms with Gasteiger partial charge in [-0.15, -0.1) is 0 Å². The summed E-state index contributed by atoms with van der Waals surface area (Å²) in [5.74, 6) is 1.05. The van der Waals surface area contributed by atoms with Gasteiger partial charge in [0.1, 0.15) is 0 Å². The maximum absolute atomic E-state index is 5.80. The van der Waals surface area contributed by atoms with Gasteiger partial charge in [-0.2, -0.15) is 0 Å². The number of allylic oxidation sites excluding steroid dienone is 4. The first-order valence-electron chi connectivity index (χ1n) is 10.4. The minimum Gasteiger partial charge on any atom is -1.00 e. The van der Waals surface area contributed by atoms with Crippen molar-refractivity contribution < 1.29 is 49.8 Å². The van der Waals surface area contributed by atoms with Crippen LogP contribution in [-0.2, 0) is 20.3 Å². The van der Waals surface area contributed by atoms with Crippen LogP contribution < -0.4 is 29.6 Å². The van der Waals surface area contributed by atoms with Crippen molar-refractivity contribution in [3.63, 3.8) is 0 Å². The van der Waals surface area contributed by atoms with Crippen molar-refractivity contribution >= 4 is 0 Å². The number of rotatable bonds is 5. The molecule has 1 unspecified atom stereocenters. The first kappa shape index (κ1) is 22.9. The van der Waals surface area contributed by atoms with Crippen molar-refractivity contribution in [3.05, 3.63) is 74.1 Å². The fraction of sp³-hybridized carbons (Fsp3) is 0.360.